The molecule has 2 aliphatic heterocycles. The molecule has 0 atom stereocenters. The molecule has 120 valence electrons. The van der Waals surface area contributed by atoms with Crippen LogP contribution in [-0.2, 0) is 19.1 Å². The molecular weight excluding hydrogens is 276 g/mol. The van der Waals surface area contributed by atoms with Gasteiger partial charge in [0.05, 0.1) is 10.8 Å². The summed E-state index contributed by atoms with van der Waals surface area (Å²) in [5.41, 5.74) is 4.24. The Morgan fingerprint density at radius 1 is 1.00 bits per heavy atom. The minimum atomic E-state index is -0.922. The molecule has 0 aromatic rings. The Hall–Kier alpha value is -1.18. The van der Waals surface area contributed by atoms with Crippen molar-refractivity contribution in [3.05, 3.63) is 0 Å². The van der Waals surface area contributed by atoms with Crippen molar-refractivity contribution in [1.82, 2.24) is 5.32 Å². The van der Waals surface area contributed by atoms with Gasteiger partial charge in [0.25, 0.3) is 0 Å². The van der Waals surface area contributed by atoms with E-state index in [0.717, 1.165) is 0 Å². The molecule has 0 spiro atoms. The summed E-state index contributed by atoms with van der Waals surface area (Å²) in [7, 11) is 0. The van der Waals surface area contributed by atoms with Gasteiger partial charge in [0, 0.05) is 39.5 Å². The molecule has 0 aromatic heterocycles. The third-order valence-electron chi connectivity index (χ3n) is 4.81. The summed E-state index contributed by atoms with van der Waals surface area (Å²) >= 11 is 0. The van der Waals surface area contributed by atoms with Crippen molar-refractivity contribution in [1.29, 1.82) is 0 Å². The molecule has 1 amide bonds. The number of hydrogen-bond donors (Lipinski definition) is 3. The lowest BCUT2D eigenvalue weighted by molar-refractivity contribution is -0.155. The maximum Gasteiger partial charge on any atom is 0.311 e. The summed E-state index contributed by atoms with van der Waals surface area (Å²) in [5.74, 6) is -1.03. The molecule has 0 radical (unpaired) electrons. The van der Waals surface area contributed by atoms with Crippen LogP contribution in [0.1, 0.15) is 25.7 Å². The number of hydrogen-bond acceptors (Lipinski definition) is 5. The van der Waals surface area contributed by atoms with Crippen LogP contribution in [0.2, 0.25) is 0 Å². The van der Waals surface area contributed by atoms with Crippen LogP contribution < -0.4 is 11.1 Å². The van der Waals surface area contributed by atoms with Gasteiger partial charge in [-0.3, -0.25) is 9.59 Å². The second-order valence-electron chi connectivity index (χ2n) is 5.98. The lowest BCUT2D eigenvalue weighted by Crippen LogP contribution is -2.53. The number of nitrogens with one attached hydrogen (secondary N) is 1. The van der Waals surface area contributed by atoms with Gasteiger partial charge >= 0.3 is 5.97 Å². The van der Waals surface area contributed by atoms with E-state index in [-0.39, 0.29) is 19.0 Å². The van der Waals surface area contributed by atoms with Crippen LogP contribution in [-0.4, -0.2) is 56.5 Å². The first kappa shape index (κ1) is 16.2. The molecule has 7 nitrogen and oxygen atoms in total. The number of carbonyl (C=O) groups is 2. The van der Waals surface area contributed by atoms with Gasteiger partial charge in [0.2, 0.25) is 5.91 Å². The molecular formula is C14H24N2O5. The van der Waals surface area contributed by atoms with Crippen molar-refractivity contribution in [3.8, 4) is 0 Å². The van der Waals surface area contributed by atoms with Gasteiger partial charge < -0.3 is 25.6 Å². The van der Waals surface area contributed by atoms with E-state index >= 15 is 0 Å². The van der Waals surface area contributed by atoms with Crippen LogP contribution in [0.5, 0.6) is 0 Å². The number of carboxylic acid groups (broad SMARTS) is 1. The van der Waals surface area contributed by atoms with Crippen molar-refractivity contribution in [2.24, 2.45) is 16.6 Å². The summed E-state index contributed by atoms with van der Waals surface area (Å²) in [4.78, 5) is 24.1. The fourth-order valence-electron chi connectivity index (χ4n) is 2.95. The molecule has 21 heavy (non-hydrogen) atoms. The third-order valence-corrected chi connectivity index (χ3v) is 4.81. The van der Waals surface area contributed by atoms with E-state index < -0.39 is 16.8 Å². The van der Waals surface area contributed by atoms with E-state index in [1.165, 1.54) is 0 Å². The Morgan fingerprint density at radius 3 is 1.90 bits per heavy atom. The highest BCUT2D eigenvalue weighted by molar-refractivity contribution is 5.84. The first-order valence-electron chi connectivity index (χ1n) is 7.42. The molecule has 0 saturated carbocycles. The summed E-state index contributed by atoms with van der Waals surface area (Å²) < 4.78 is 10.5. The van der Waals surface area contributed by atoms with Crippen molar-refractivity contribution >= 4 is 11.9 Å². The molecule has 0 aliphatic carbocycles. The van der Waals surface area contributed by atoms with Crippen molar-refractivity contribution in [2.45, 2.75) is 25.7 Å². The number of rotatable bonds is 5. The van der Waals surface area contributed by atoms with Crippen molar-refractivity contribution in [3.63, 3.8) is 0 Å². The van der Waals surface area contributed by atoms with E-state index in [1.807, 2.05) is 0 Å². The summed E-state index contributed by atoms with van der Waals surface area (Å²) in [5, 5.41) is 12.3. The van der Waals surface area contributed by atoms with Gasteiger partial charge in [-0.25, -0.2) is 0 Å². The van der Waals surface area contributed by atoms with E-state index in [2.05, 4.69) is 5.32 Å². The maximum atomic E-state index is 12.5. The van der Waals surface area contributed by atoms with Crippen LogP contribution in [0.15, 0.2) is 0 Å². The highest BCUT2D eigenvalue weighted by Crippen LogP contribution is 2.32. The van der Waals surface area contributed by atoms with Gasteiger partial charge in [-0.05, 0) is 25.7 Å². The van der Waals surface area contributed by atoms with Crippen LogP contribution in [0.3, 0.4) is 0 Å². The molecule has 4 N–H and O–H groups in total. The number of carbonyl (C=O) groups excluding carboxylic acids is 1. The second-order valence-corrected chi connectivity index (χ2v) is 5.98. The smallest absolute Gasteiger partial charge is 0.311 e. The van der Waals surface area contributed by atoms with Crippen LogP contribution in [0.4, 0.5) is 0 Å². The standard InChI is InChI=1S/C14H24N2O5/c15-9-13(1-5-20-6-2-13)11(17)16-10-14(12(18)19)3-7-21-8-4-14/h1-10,15H2,(H,16,17)(H,18,19). The van der Waals surface area contributed by atoms with E-state index in [9.17, 15) is 14.7 Å². The Labute approximate surface area is 124 Å². The van der Waals surface area contributed by atoms with E-state index in [0.29, 0.717) is 52.1 Å². The summed E-state index contributed by atoms with van der Waals surface area (Å²) in [6, 6.07) is 0. The number of carboxylic acids is 1. The molecule has 0 bridgehead atoms. The SMILES string of the molecule is NCC1(C(=O)NCC2(C(=O)O)CCOCC2)CCOCC1. The first-order chi connectivity index (χ1) is 10.0. The molecule has 2 fully saturated rings. The highest BCUT2D eigenvalue weighted by atomic mass is 16.5. The van der Waals surface area contributed by atoms with Crippen molar-refractivity contribution in [2.75, 3.05) is 39.5 Å². The van der Waals surface area contributed by atoms with Crippen LogP contribution in [0.25, 0.3) is 0 Å². The first-order valence-corrected chi connectivity index (χ1v) is 7.42. The van der Waals surface area contributed by atoms with Crippen LogP contribution >= 0.6 is 0 Å². The molecule has 2 aliphatic rings. The minimum absolute atomic E-state index is 0.132. The number of aliphatic carboxylic acids is 1. The molecule has 0 unspecified atom stereocenters. The lowest BCUT2D eigenvalue weighted by Gasteiger charge is -2.37. The average molecular weight is 300 g/mol. The summed E-state index contributed by atoms with van der Waals surface area (Å²) in [6.45, 7) is 2.25. The molecule has 2 saturated heterocycles. The second kappa shape index (κ2) is 6.72. The Bertz CT molecular complexity index is 387. The van der Waals surface area contributed by atoms with Gasteiger partial charge in [-0.1, -0.05) is 0 Å². The van der Waals surface area contributed by atoms with Gasteiger partial charge in [0.1, 0.15) is 0 Å². The van der Waals surface area contributed by atoms with E-state index in [1.54, 1.807) is 0 Å². The molecule has 2 rings (SSSR count). The van der Waals surface area contributed by atoms with Gasteiger partial charge in [-0.15, -0.1) is 0 Å². The topological polar surface area (TPSA) is 111 Å². The fraction of sp³-hybridized carbons (Fsp3) is 0.857. The number of nitrogens with two attached hydrogens (primary N) is 1. The number of amides is 1. The lowest BCUT2D eigenvalue weighted by atomic mass is 9.77. The molecule has 7 heteroatoms. The van der Waals surface area contributed by atoms with Crippen LogP contribution in [0, 0.1) is 10.8 Å². The van der Waals surface area contributed by atoms with E-state index in [4.69, 9.17) is 15.2 Å². The Balaban J connectivity index is 1.99. The van der Waals surface area contributed by atoms with Gasteiger partial charge in [-0.2, -0.15) is 0 Å². The zero-order valence-corrected chi connectivity index (χ0v) is 12.2. The minimum Gasteiger partial charge on any atom is -0.481 e. The normalized spacial score (nSPS) is 24.2. The Kier molecular flexibility index (Phi) is 5.18. The zero-order valence-electron chi connectivity index (χ0n) is 12.2. The predicted octanol–water partition coefficient (Wildman–Crippen LogP) is -0.261. The third kappa shape index (κ3) is 3.36. The highest BCUT2D eigenvalue weighted by Gasteiger charge is 2.43. The van der Waals surface area contributed by atoms with Crippen molar-refractivity contribution < 1.29 is 24.2 Å². The summed E-state index contributed by atoms with van der Waals surface area (Å²) in [6.07, 6.45) is 2.00. The zero-order chi connectivity index (χ0) is 15.3. The average Bonchev–Trinajstić information content (AvgIpc) is 2.54. The molecule has 2 heterocycles. The van der Waals surface area contributed by atoms with Gasteiger partial charge in [0.15, 0.2) is 0 Å². The quantitative estimate of drug-likeness (QED) is 0.645. The fourth-order valence-corrected chi connectivity index (χ4v) is 2.95. The Morgan fingerprint density at radius 2 is 1.48 bits per heavy atom. The largest absolute Gasteiger partial charge is 0.481 e. The maximum absolute atomic E-state index is 12.5. The predicted molar refractivity (Wildman–Crippen MR) is 74.7 cm³/mol. The molecule has 0 aromatic carbocycles. The number of ether oxygens (including phenoxy) is 2. The monoisotopic (exact) mass is 300 g/mol.